The van der Waals surface area contributed by atoms with Crippen LogP contribution in [-0.4, -0.2) is 15.0 Å². The first-order valence-corrected chi connectivity index (χ1v) is 6.48. The van der Waals surface area contributed by atoms with Gasteiger partial charge in [-0.05, 0) is 0 Å². The predicted molar refractivity (Wildman–Crippen MR) is 60.7 cm³/mol. The van der Waals surface area contributed by atoms with E-state index in [1.165, 1.54) is 11.1 Å². The van der Waals surface area contributed by atoms with Crippen LogP contribution in [-0.2, 0) is 6.42 Å². The van der Waals surface area contributed by atoms with Gasteiger partial charge in [0.1, 0.15) is 0 Å². The van der Waals surface area contributed by atoms with Crippen LogP contribution in [0.5, 0.6) is 0 Å². The summed E-state index contributed by atoms with van der Waals surface area (Å²) >= 11 is 0.519. The molecule has 0 saturated heterocycles. The Morgan fingerprint density at radius 3 is 1.79 bits per heavy atom. The predicted octanol–water partition coefficient (Wildman–Crippen LogP) is 1.25. The summed E-state index contributed by atoms with van der Waals surface area (Å²) in [5.74, 6) is 0. The first-order valence-electron chi connectivity index (χ1n) is 4.77. The van der Waals surface area contributed by atoms with Crippen LogP contribution >= 0.6 is 0 Å². The van der Waals surface area contributed by atoms with Gasteiger partial charge >= 0.3 is 90.0 Å². The zero-order chi connectivity index (χ0) is 9.38. The van der Waals surface area contributed by atoms with Crippen molar-refractivity contribution in [1.29, 1.82) is 0 Å². The monoisotopic (exact) mass is 246 g/mol. The molecule has 2 aromatic rings. The molecule has 0 bridgehead atoms. The summed E-state index contributed by atoms with van der Waals surface area (Å²) in [4.78, 5) is 0. The molecule has 1 heterocycles. The van der Waals surface area contributed by atoms with Crippen molar-refractivity contribution in [3.8, 4) is 0 Å². The van der Waals surface area contributed by atoms with Gasteiger partial charge in [0, 0.05) is 0 Å². The molecule has 14 heavy (non-hydrogen) atoms. The van der Waals surface area contributed by atoms with Gasteiger partial charge in [-0.25, -0.2) is 0 Å². The van der Waals surface area contributed by atoms with Crippen LogP contribution in [0.3, 0.4) is 0 Å². The van der Waals surface area contributed by atoms with Crippen molar-refractivity contribution < 1.29 is 0 Å². The molecule has 68 valence electrons. The number of hydrogen-bond donors (Lipinski definition) is 0. The molecule has 3 rings (SSSR count). The van der Waals surface area contributed by atoms with Gasteiger partial charge in [-0.2, -0.15) is 0 Å². The van der Waals surface area contributed by atoms with E-state index in [2.05, 4.69) is 48.5 Å². The van der Waals surface area contributed by atoms with E-state index in [1.807, 2.05) is 0 Å². The molecule has 0 atom stereocenters. The minimum atomic E-state index is 0.519. The standard InChI is InChI=1S/C13H10Se/c1-3-7-12-10(5-1)9-11-6-2-4-8-13(11)14-12/h1-8H,9H2. The number of benzene rings is 2. The molecule has 1 aliphatic heterocycles. The third-order valence-electron chi connectivity index (χ3n) is 2.55. The summed E-state index contributed by atoms with van der Waals surface area (Å²) in [5, 5.41) is 0. The first-order chi connectivity index (χ1) is 6.93. The molecule has 2 aromatic carbocycles. The molecule has 0 unspecified atom stereocenters. The molecule has 0 nitrogen and oxygen atoms in total. The SMILES string of the molecule is c1ccc2c(c1)Cc1ccccc1[Se]2. The van der Waals surface area contributed by atoms with Crippen LogP contribution in [0.1, 0.15) is 11.1 Å². The number of rotatable bonds is 0. The van der Waals surface area contributed by atoms with E-state index < -0.39 is 0 Å². The summed E-state index contributed by atoms with van der Waals surface area (Å²) in [6, 6.07) is 17.6. The Hall–Kier alpha value is -1.04. The fourth-order valence-corrected chi connectivity index (χ4v) is 4.07. The Bertz CT molecular complexity index is 387. The van der Waals surface area contributed by atoms with E-state index >= 15 is 0 Å². The third-order valence-corrected chi connectivity index (χ3v) is 5.14. The molecule has 0 N–H and O–H groups in total. The molecule has 0 saturated carbocycles. The fraction of sp³-hybridized carbons (Fsp3) is 0.0769. The second kappa shape index (κ2) is 3.27. The van der Waals surface area contributed by atoms with Crippen molar-refractivity contribution in [2.45, 2.75) is 6.42 Å². The average molecular weight is 245 g/mol. The Labute approximate surface area is 90.1 Å². The third kappa shape index (κ3) is 1.30. The van der Waals surface area contributed by atoms with E-state index in [0.717, 1.165) is 6.42 Å². The Balaban J connectivity index is 2.12. The molecule has 0 fully saturated rings. The van der Waals surface area contributed by atoms with Crippen LogP contribution in [0.25, 0.3) is 0 Å². The average Bonchev–Trinajstić information content (AvgIpc) is 2.26. The van der Waals surface area contributed by atoms with Crippen molar-refractivity contribution in [3.05, 3.63) is 59.7 Å². The second-order valence-electron chi connectivity index (χ2n) is 3.49. The fourth-order valence-electron chi connectivity index (χ4n) is 1.82. The molecule has 0 amide bonds. The van der Waals surface area contributed by atoms with Gasteiger partial charge in [-0.15, -0.1) is 0 Å². The van der Waals surface area contributed by atoms with Gasteiger partial charge in [0.15, 0.2) is 0 Å². The van der Waals surface area contributed by atoms with Crippen LogP contribution in [0.4, 0.5) is 0 Å². The zero-order valence-corrected chi connectivity index (χ0v) is 9.45. The van der Waals surface area contributed by atoms with E-state index in [4.69, 9.17) is 0 Å². The minimum absolute atomic E-state index is 0.519. The molecule has 1 heteroatoms. The summed E-state index contributed by atoms with van der Waals surface area (Å²) in [5.41, 5.74) is 3.04. The van der Waals surface area contributed by atoms with E-state index in [0.29, 0.717) is 15.0 Å². The summed E-state index contributed by atoms with van der Waals surface area (Å²) in [6.07, 6.45) is 1.12. The first kappa shape index (κ1) is 8.28. The number of fused-ring (bicyclic) bond motifs is 2. The van der Waals surface area contributed by atoms with Gasteiger partial charge in [0.2, 0.25) is 0 Å². The van der Waals surface area contributed by atoms with Crippen LogP contribution in [0.2, 0.25) is 0 Å². The summed E-state index contributed by atoms with van der Waals surface area (Å²) in [6.45, 7) is 0. The van der Waals surface area contributed by atoms with E-state index in [9.17, 15) is 0 Å². The Morgan fingerprint density at radius 2 is 1.21 bits per heavy atom. The van der Waals surface area contributed by atoms with E-state index in [1.54, 1.807) is 8.92 Å². The van der Waals surface area contributed by atoms with Gasteiger partial charge in [0.05, 0.1) is 0 Å². The van der Waals surface area contributed by atoms with Crippen molar-refractivity contribution in [2.75, 3.05) is 0 Å². The normalized spacial score (nSPS) is 13.1. The van der Waals surface area contributed by atoms with Crippen LogP contribution < -0.4 is 8.92 Å². The van der Waals surface area contributed by atoms with E-state index in [-0.39, 0.29) is 0 Å². The Kier molecular flexibility index (Phi) is 1.93. The molecule has 0 aromatic heterocycles. The zero-order valence-electron chi connectivity index (χ0n) is 7.73. The van der Waals surface area contributed by atoms with Gasteiger partial charge in [0.25, 0.3) is 0 Å². The molecule has 0 spiro atoms. The quantitative estimate of drug-likeness (QED) is 0.523. The van der Waals surface area contributed by atoms with Crippen molar-refractivity contribution in [3.63, 3.8) is 0 Å². The van der Waals surface area contributed by atoms with Gasteiger partial charge in [-0.3, -0.25) is 0 Å². The second-order valence-corrected chi connectivity index (χ2v) is 5.77. The summed E-state index contributed by atoms with van der Waals surface area (Å²) < 4.78 is 3.11. The maximum absolute atomic E-state index is 2.27. The molecular formula is C13H10Se. The van der Waals surface area contributed by atoms with Gasteiger partial charge < -0.3 is 0 Å². The van der Waals surface area contributed by atoms with Crippen molar-refractivity contribution in [2.24, 2.45) is 0 Å². The molecule has 0 radical (unpaired) electrons. The van der Waals surface area contributed by atoms with Crippen molar-refractivity contribution >= 4 is 23.9 Å². The molecule has 0 aliphatic carbocycles. The molecular weight excluding hydrogens is 235 g/mol. The van der Waals surface area contributed by atoms with Gasteiger partial charge in [-0.1, -0.05) is 0 Å². The van der Waals surface area contributed by atoms with Crippen molar-refractivity contribution in [1.82, 2.24) is 0 Å². The van der Waals surface area contributed by atoms with Crippen LogP contribution in [0.15, 0.2) is 48.5 Å². The number of hydrogen-bond acceptors (Lipinski definition) is 0. The topological polar surface area (TPSA) is 0 Å². The summed E-state index contributed by atoms with van der Waals surface area (Å²) in [7, 11) is 0. The maximum atomic E-state index is 2.27. The Morgan fingerprint density at radius 1 is 0.714 bits per heavy atom. The van der Waals surface area contributed by atoms with Crippen LogP contribution in [0, 0.1) is 0 Å². The molecule has 1 aliphatic rings.